The minimum atomic E-state index is -0.426. The van der Waals surface area contributed by atoms with Crippen molar-refractivity contribution in [3.8, 4) is 0 Å². The number of nitrogens with zero attached hydrogens (tertiary/aromatic N) is 2. The summed E-state index contributed by atoms with van der Waals surface area (Å²) in [5.74, 6) is 0. The monoisotopic (exact) mass is 346 g/mol. The Bertz CT molecular complexity index is 990. The predicted molar refractivity (Wildman–Crippen MR) is 105 cm³/mol. The van der Waals surface area contributed by atoms with E-state index in [0.717, 1.165) is 22.0 Å². The number of hydrogen-bond donors (Lipinski definition) is 1. The highest BCUT2D eigenvalue weighted by atomic mass is 16.5. The summed E-state index contributed by atoms with van der Waals surface area (Å²) in [6.07, 6.45) is 1.90. The van der Waals surface area contributed by atoms with Gasteiger partial charge in [-0.3, -0.25) is 4.98 Å². The SMILES string of the molecule is Cc1ccc2c(c1)C(C)(C)C(C)(C)N(O)C2c1cnc2ccccc2c1. The van der Waals surface area contributed by atoms with E-state index in [2.05, 4.69) is 69.9 Å². The first kappa shape index (κ1) is 17.2. The number of benzene rings is 2. The molecular weight excluding hydrogens is 320 g/mol. The number of pyridine rings is 1. The van der Waals surface area contributed by atoms with E-state index in [9.17, 15) is 5.21 Å². The average molecular weight is 346 g/mol. The van der Waals surface area contributed by atoms with Crippen molar-refractivity contribution in [2.45, 2.75) is 51.6 Å². The summed E-state index contributed by atoms with van der Waals surface area (Å²) in [7, 11) is 0. The molecule has 0 fully saturated rings. The Balaban J connectivity index is 1.97. The zero-order chi connectivity index (χ0) is 18.7. The Labute approximate surface area is 155 Å². The van der Waals surface area contributed by atoms with Crippen LogP contribution in [0.1, 0.15) is 56.0 Å². The van der Waals surface area contributed by atoms with Crippen LogP contribution in [0.5, 0.6) is 0 Å². The molecule has 1 unspecified atom stereocenters. The lowest BCUT2D eigenvalue weighted by Crippen LogP contribution is -2.59. The normalized spacial score (nSPS) is 21.5. The molecule has 3 heteroatoms. The molecule has 0 aliphatic carbocycles. The Morgan fingerprint density at radius 1 is 1.00 bits per heavy atom. The lowest BCUT2D eigenvalue weighted by atomic mass is 9.63. The number of hydrogen-bond acceptors (Lipinski definition) is 3. The molecule has 1 atom stereocenters. The van der Waals surface area contributed by atoms with E-state index in [4.69, 9.17) is 0 Å². The molecule has 0 saturated heterocycles. The van der Waals surface area contributed by atoms with Gasteiger partial charge in [-0.05, 0) is 49.6 Å². The van der Waals surface area contributed by atoms with Crippen molar-refractivity contribution in [1.29, 1.82) is 0 Å². The third-order valence-corrected chi connectivity index (χ3v) is 6.45. The van der Waals surface area contributed by atoms with Gasteiger partial charge in [0.1, 0.15) is 0 Å². The third kappa shape index (κ3) is 2.31. The molecule has 0 bridgehead atoms. The van der Waals surface area contributed by atoms with E-state index in [0.29, 0.717) is 0 Å². The fraction of sp³-hybridized carbons (Fsp3) is 0.348. The molecule has 1 aliphatic rings. The second kappa shape index (κ2) is 5.63. The van der Waals surface area contributed by atoms with Gasteiger partial charge in [0, 0.05) is 17.0 Å². The topological polar surface area (TPSA) is 36.4 Å². The Morgan fingerprint density at radius 3 is 2.50 bits per heavy atom. The second-order valence-corrected chi connectivity index (χ2v) is 8.48. The molecule has 2 aromatic carbocycles. The molecule has 134 valence electrons. The van der Waals surface area contributed by atoms with Gasteiger partial charge in [0.25, 0.3) is 0 Å². The van der Waals surface area contributed by atoms with E-state index in [1.807, 2.05) is 24.4 Å². The maximum absolute atomic E-state index is 11.3. The quantitative estimate of drug-likeness (QED) is 0.641. The van der Waals surface area contributed by atoms with Gasteiger partial charge in [-0.1, -0.05) is 55.8 Å². The van der Waals surface area contributed by atoms with Crippen molar-refractivity contribution in [3.63, 3.8) is 0 Å². The summed E-state index contributed by atoms with van der Waals surface area (Å²) in [6, 6.07) is 16.6. The van der Waals surface area contributed by atoms with Crippen LogP contribution >= 0.6 is 0 Å². The average Bonchev–Trinajstić information content (AvgIpc) is 2.61. The minimum Gasteiger partial charge on any atom is -0.313 e. The highest BCUT2D eigenvalue weighted by Crippen LogP contribution is 2.51. The van der Waals surface area contributed by atoms with Crippen LogP contribution in [0.3, 0.4) is 0 Å². The van der Waals surface area contributed by atoms with Gasteiger partial charge in [-0.2, -0.15) is 5.06 Å². The van der Waals surface area contributed by atoms with Crippen LogP contribution in [-0.4, -0.2) is 20.8 Å². The maximum Gasteiger partial charge on any atom is 0.0874 e. The highest BCUT2D eigenvalue weighted by Gasteiger charge is 2.51. The molecule has 1 N–H and O–H groups in total. The number of aryl methyl sites for hydroxylation is 1. The van der Waals surface area contributed by atoms with E-state index in [-0.39, 0.29) is 11.5 Å². The molecule has 2 heterocycles. The largest absolute Gasteiger partial charge is 0.313 e. The number of hydroxylamine groups is 2. The van der Waals surface area contributed by atoms with Gasteiger partial charge in [0.05, 0.1) is 17.1 Å². The van der Waals surface area contributed by atoms with Gasteiger partial charge < -0.3 is 5.21 Å². The van der Waals surface area contributed by atoms with Crippen LogP contribution in [0.2, 0.25) is 0 Å². The fourth-order valence-corrected chi connectivity index (χ4v) is 4.08. The molecular formula is C23H26N2O. The molecule has 1 aliphatic heterocycles. The van der Waals surface area contributed by atoms with E-state index in [1.165, 1.54) is 16.2 Å². The first-order valence-corrected chi connectivity index (χ1v) is 9.17. The van der Waals surface area contributed by atoms with Gasteiger partial charge in [-0.15, -0.1) is 0 Å². The van der Waals surface area contributed by atoms with E-state index >= 15 is 0 Å². The van der Waals surface area contributed by atoms with Crippen LogP contribution in [0.15, 0.2) is 54.7 Å². The van der Waals surface area contributed by atoms with Crippen LogP contribution < -0.4 is 0 Å². The lowest BCUT2D eigenvalue weighted by molar-refractivity contribution is -0.213. The summed E-state index contributed by atoms with van der Waals surface area (Å²) < 4.78 is 0. The molecule has 0 amide bonds. The number of para-hydroxylation sites is 1. The molecule has 0 saturated carbocycles. The molecule has 3 nitrogen and oxygen atoms in total. The smallest absolute Gasteiger partial charge is 0.0874 e. The van der Waals surface area contributed by atoms with Crippen molar-refractivity contribution in [3.05, 3.63) is 77.0 Å². The molecule has 1 aromatic heterocycles. The highest BCUT2D eigenvalue weighted by molar-refractivity contribution is 5.79. The summed E-state index contributed by atoms with van der Waals surface area (Å²) in [5, 5.41) is 13.9. The molecule has 3 aromatic rings. The van der Waals surface area contributed by atoms with Gasteiger partial charge >= 0.3 is 0 Å². The van der Waals surface area contributed by atoms with Crippen LogP contribution in [-0.2, 0) is 5.41 Å². The summed E-state index contributed by atoms with van der Waals surface area (Å²) in [5.41, 5.74) is 5.06. The summed E-state index contributed by atoms with van der Waals surface area (Å²) in [6.45, 7) is 10.8. The molecule has 26 heavy (non-hydrogen) atoms. The zero-order valence-electron chi connectivity index (χ0n) is 16.1. The zero-order valence-corrected chi connectivity index (χ0v) is 16.1. The van der Waals surface area contributed by atoms with Crippen molar-refractivity contribution in [2.24, 2.45) is 0 Å². The standard InChI is InChI=1S/C23H26N2O/c1-15-10-11-18-19(12-15)22(2,3)23(4,5)25(26)21(18)17-13-16-8-6-7-9-20(16)24-14-17/h6-14,21,26H,1-5H3. The van der Waals surface area contributed by atoms with Gasteiger partial charge in [0.2, 0.25) is 0 Å². The molecule has 0 spiro atoms. The Hall–Kier alpha value is -2.23. The Kier molecular flexibility index (Phi) is 3.73. The first-order chi connectivity index (χ1) is 12.2. The van der Waals surface area contributed by atoms with Crippen LogP contribution in [0.4, 0.5) is 0 Å². The summed E-state index contributed by atoms with van der Waals surface area (Å²) in [4.78, 5) is 4.63. The number of fused-ring (bicyclic) bond motifs is 2. The Morgan fingerprint density at radius 2 is 1.73 bits per heavy atom. The van der Waals surface area contributed by atoms with E-state index in [1.54, 1.807) is 0 Å². The van der Waals surface area contributed by atoms with E-state index < -0.39 is 5.54 Å². The fourth-order valence-electron chi connectivity index (χ4n) is 4.08. The van der Waals surface area contributed by atoms with Crippen molar-refractivity contribution < 1.29 is 5.21 Å². The van der Waals surface area contributed by atoms with Crippen LogP contribution in [0, 0.1) is 6.92 Å². The number of rotatable bonds is 1. The maximum atomic E-state index is 11.3. The second-order valence-electron chi connectivity index (χ2n) is 8.48. The predicted octanol–water partition coefficient (Wildman–Crippen LogP) is 5.39. The van der Waals surface area contributed by atoms with Crippen molar-refractivity contribution >= 4 is 10.9 Å². The molecule has 4 rings (SSSR count). The van der Waals surface area contributed by atoms with Gasteiger partial charge in [-0.25, -0.2) is 0 Å². The van der Waals surface area contributed by atoms with Crippen molar-refractivity contribution in [1.82, 2.24) is 10.0 Å². The van der Waals surface area contributed by atoms with Gasteiger partial charge in [0.15, 0.2) is 0 Å². The van der Waals surface area contributed by atoms with Crippen LogP contribution in [0.25, 0.3) is 10.9 Å². The lowest BCUT2D eigenvalue weighted by Gasteiger charge is -2.54. The molecule has 0 radical (unpaired) electrons. The summed E-state index contributed by atoms with van der Waals surface area (Å²) >= 11 is 0. The number of aromatic nitrogens is 1. The van der Waals surface area contributed by atoms with Crippen molar-refractivity contribution in [2.75, 3.05) is 0 Å². The third-order valence-electron chi connectivity index (χ3n) is 6.45. The minimum absolute atomic E-state index is 0.191. The first-order valence-electron chi connectivity index (χ1n) is 9.17.